The van der Waals surface area contributed by atoms with Gasteiger partial charge in [-0.15, -0.1) is 0 Å². The molecule has 32 heteroatoms. The van der Waals surface area contributed by atoms with Crippen molar-refractivity contribution in [2.24, 2.45) is 45.3 Å². The van der Waals surface area contributed by atoms with Gasteiger partial charge in [0.1, 0.15) is 146 Å². The average molecular weight is 1410 g/mol. The molecule has 98 heavy (non-hydrogen) atoms. The van der Waals surface area contributed by atoms with Crippen LogP contribution in [0.25, 0.3) is 0 Å². The number of esters is 1. The lowest BCUT2D eigenvalue weighted by atomic mass is 9.41. The Morgan fingerprint density at radius 1 is 0.541 bits per heavy atom. The predicted molar refractivity (Wildman–Crippen MR) is 326 cm³/mol. The predicted octanol–water partition coefficient (Wildman–Crippen LogP) is -4.48. The van der Waals surface area contributed by atoms with Gasteiger partial charge in [-0.3, -0.25) is 9.59 Å². The maximum Gasteiger partial charge on any atom is 0.314 e. The van der Waals surface area contributed by atoms with Crippen LogP contribution in [0, 0.1) is 45.3 Å². The number of rotatable bonds is 21. The van der Waals surface area contributed by atoms with E-state index in [-0.39, 0.29) is 30.0 Å². The largest absolute Gasteiger partial charge is 0.458 e. The molecule has 1 spiro atoms. The van der Waals surface area contributed by atoms with Gasteiger partial charge >= 0.3 is 5.97 Å². The third-order valence-corrected chi connectivity index (χ3v) is 24.3. The van der Waals surface area contributed by atoms with E-state index in [9.17, 15) is 91.3 Å². The van der Waals surface area contributed by atoms with E-state index in [1.807, 2.05) is 6.92 Å². The molecule has 0 radical (unpaired) electrons. The number of aliphatic hydroxyl groups is 16. The maximum absolute atomic E-state index is 14.6. The third kappa shape index (κ3) is 13.1. The molecule has 4 aliphatic carbocycles. The van der Waals surface area contributed by atoms with Crippen molar-refractivity contribution in [2.45, 2.75) is 303 Å². The van der Waals surface area contributed by atoms with E-state index < -0.39 is 250 Å². The number of fused-ring (bicyclic) bond motifs is 4. The summed E-state index contributed by atoms with van der Waals surface area (Å²) in [5.41, 5.74) is -2.56. The summed E-state index contributed by atoms with van der Waals surface area (Å²) in [5.74, 6) is -0.520. The fourth-order valence-corrected chi connectivity index (χ4v) is 18.9. The number of cyclic esters (lactones) is 1. The van der Waals surface area contributed by atoms with Crippen LogP contribution in [0.3, 0.4) is 0 Å². The highest BCUT2D eigenvalue weighted by molar-refractivity contribution is 5.99. The maximum atomic E-state index is 14.6. The van der Waals surface area contributed by atoms with Gasteiger partial charge < -0.3 is 148 Å². The topological polar surface area (TPSA) is 487 Å². The van der Waals surface area contributed by atoms with E-state index in [0.717, 1.165) is 12.8 Å². The monoisotopic (exact) mass is 1410 g/mol. The summed E-state index contributed by atoms with van der Waals surface area (Å²) in [6.07, 6.45) is -43.9. The molecule has 0 amide bonds. The van der Waals surface area contributed by atoms with Crippen molar-refractivity contribution in [3.05, 3.63) is 11.6 Å². The molecule has 3 saturated carbocycles. The second-order valence-corrected chi connectivity index (χ2v) is 30.9. The van der Waals surface area contributed by atoms with Gasteiger partial charge in [-0.2, -0.15) is 0 Å². The number of ketones is 1. The van der Waals surface area contributed by atoms with Gasteiger partial charge in [0.15, 0.2) is 37.7 Å². The Hall–Kier alpha value is -2.28. The van der Waals surface area contributed by atoms with Crippen molar-refractivity contribution >= 4 is 11.8 Å². The van der Waals surface area contributed by atoms with Crippen LogP contribution >= 0.6 is 0 Å². The van der Waals surface area contributed by atoms with Crippen LogP contribution in [-0.2, 0) is 75.9 Å². The molecule has 0 bridgehead atoms. The lowest BCUT2D eigenvalue weighted by Crippen LogP contribution is -2.67. The summed E-state index contributed by atoms with van der Waals surface area (Å²) in [4.78, 5) is 29.1. The zero-order chi connectivity index (χ0) is 71.4. The number of hydrogen-bond acceptors (Lipinski definition) is 32. The van der Waals surface area contributed by atoms with Gasteiger partial charge in [0.25, 0.3) is 0 Å². The molecule has 37 atom stereocenters. The van der Waals surface area contributed by atoms with Crippen LogP contribution in [-0.4, -0.2) is 323 Å². The first kappa shape index (κ1) is 76.8. The Balaban J connectivity index is 0.835. The molecule has 10 fully saturated rings. The van der Waals surface area contributed by atoms with E-state index in [1.54, 1.807) is 0 Å². The molecule has 16 N–H and O–H groups in total. The van der Waals surface area contributed by atoms with Crippen molar-refractivity contribution in [2.75, 3.05) is 40.1 Å². The van der Waals surface area contributed by atoms with Crippen LogP contribution in [0.4, 0.5) is 0 Å². The first-order valence-electron chi connectivity index (χ1n) is 34.6. The molecule has 0 unspecified atom stereocenters. The van der Waals surface area contributed by atoms with Gasteiger partial charge in [-0.1, -0.05) is 59.6 Å². The Labute approximate surface area is 567 Å². The van der Waals surface area contributed by atoms with Gasteiger partial charge in [-0.05, 0) is 92.8 Å². The van der Waals surface area contributed by atoms with Crippen molar-refractivity contribution in [3.8, 4) is 0 Å². The van der Waals surface area contributed by atoms with Crippen LogP contribution in [0.5, 0.6) is 0 Å². The molecule has 11 rings (SSSR count). The molecular weight excluding hydrogens is 1300 g/mol. The smallest absolute Gasteiger partial charge is 0.314 e. The lowest BCUT2D eigenvalue weighted by Gasteiger charge is -2.63. The third-order valence-electron chi connectivity index (χ3n) is 24.3. The van der Waals surface area contributed by atoms with Gasteiger partial charge in [0, 0.05) is 13.5 Å². The molecule has 0 aromatic rings. The van der Waals surface area contributed by atoms with E-state index in [2.05, 4.69) is 47.6 Å². The lowest BCUT2D eigenvalue weighted by molar-refractivity contribution is -0.397. The molecule has 0 aromatic heterocycles. The fourth-order valence-electron chi connectivity index (χ4n) is 18.9. The number of allylic oxidation sites excluding steroid dienone is 2. The Morgan fingerprint density at radius 3 is 1.60 bits per heavy atom. The zero-order valence-corrected chi connectivity index (χ0v) is 56.8. The van der Waals surface area contributed by atoms with Gasteiger partial charge in [-0.25, -0.2) is 0 Å². The molecule has 7 aliphatic heterocycles. The number of aliphatic hydroxyl groups excluding tert-OH is 16. The standard InChI is InChI=1S/C66H106O32/c1-25(2)11-10-16-65(8)54-29(71)19-64(7)28-12-13-35-62(4,5)36(15-17-63(35,6)27(28)14-18-66(54,64)61(84)98-65)93-60-53(41(76)34(24-86-60)92-57-47(82)51(39(74)32(22-69)89-57)95-56-44(79)42(77)37(72)30(20-67)88-56)97-55-45(80)43(78)49(26(3)87-55)94-59-48(83)52(40(75)33(23-70)91-59)96-58-46(81)50(85-9)38(73)31(21-68)90-58/h14,25-26,28,30-60,67-70,72-83H,10-13,15-24H2,1-9H3/t26-,28-,30-,31-,32-,33-,34-,35+,36+,37-,38-,39-,40-,41+,42+,43-,44-,45-,46-,47-,48-,49-,50+,51+,52+,53-,54-,55+,56+,57+,58+,59+,60+,63-,64+,65+,66-/m1/s1. The van der Waals surface area contributed by atoms with Crippen molar-refractivity contribution < 1.29 is 158 Å². The quantitative estimate of drug-likeness (QED) is 0.0293. The molecule has 562 valence electrons. The molecule has 7 heterocycles. The minimum atomic E-state index is -2.09. The number of methoxy groups -OCH3 is 1. The average Bonchev–Trinajstić information content (AvgIpc) is 1.47. The minimum Gasteiger partial charge on any atom is -0.458 e. The zero-order valence-electron chi connectivity index (χ0n) is 56.8. The number of ether oxygens (including phenoxy) is 14. The highest BCUT2D eigenvalue weighted by Gasteiger charge is 2.79. The van der Waals surface area contributed by atoms with Crippen LogP contribution < -0.4 is 0 Å². The second kappa shape index (κ2) is 29.6. The van der Waals surface area contributed by atoms with Crippen molar-refractivity contribution in [1.29, 1.82) is 0 Å². The Bertz CT molecular complexity index is 2760. The summed E-state index contributed by atoms with van der Waals surface area (Å²) in [7, 11) is 1.17. The molecule has 11 aliphatic rings. The van der Waals surface area contributed by atoms with Crippen molar-refractivity contribution in [3.63, 3.8) is 0 Å². The summed E-state index contributed by atoms with van der Waals surface area (Å²) >= 11 is 0. The molecule has 32 nitrogen and oxygen atoms in total. The van der Waals surface area contributed by atoms with Crippen LogP contribution in [0.2, 0.25) is 0 Å². The number of hydrogen-bond donors (Lipinski definition) is 16. The van der Waals surface area contributed by atoms with Crippen molar-refractivity contribution in [1.82, 2.24) is 0 Å². The highest BCUT2D eigenvalue weighted by atomic mass is 16.8. The summed E-state index contributed by atoms with van der Waals surface area (Å²) < 4.78 is 84.4. The van der Waals surface area contributed by atoms with E-state index in [4.69, 9.17) is 66.3 Å². The molecule has 7 saturated heterocycles. The van der Waals surface area contributed by atoms with E-state index in [1.165, 1.54) is 19.6 Å². The number of Topliss-reactive ketones (excluding diaryl/α,β-unsaturated/α-hetero) is 1. The summed E-state index contributed by atoms with van der Waals surface area (Å²) in [6.45, 7) is 12.2. The molecule has 0 aromatic carbocycles. The first-order valence-corrected chi connectivity index (χ1v) is 34.6. The Kier molecular flexibility index (Phi) is 23.2. The van der Waals surface area contributed by atoms with Gasteiger partial charge in [0.05, 0.1) is 56.6 Å². The van der Waals surface area contributed by atoms with E-state index >= 15 is 0 Å². The fraction of sp³-hybridized carbons (Fsp3) is 0.939. The number of carbonyl (C=O) groups is 2. The normalized spacial score (nSPS) is 52.6. The first-order chi connectivity index (χ1) is 46.2. The summed E-state index contributed by atoms with van der Waals surface area (Å²) in [6, 6.07) is 0. The molecular formula is C66H106O32. The Morgan fingerprint density at radius 2 is 1.04 bits per heavy atom. The number of carbonyl (C=O) groups excluding carboxylic acids is 2. The van der Waals surface area contributed by atoms with Gasteiger partial charge in [0.2, 0.25) is 0 Å². The summed E-state index contributed by atoms with van der Waals surface area (Å²) in [5, 5.41) is 177. The second-order valence-electron chi connectivity index (χ2n) is 30.9. The van der Waals surface area contributed by atoms with E-state index in [0.29, 0.717) is 44.4 Å². The van der Waals surface area contributed by atoms with Crippen LogP contribution in [0.15, 0.2) is 11.6 Å². The van der Waals surface area contributed by atoms with Crippen LogP contribution in [0.1, 0.15) is 113 Å². The SMILES string of the molecule is CO[C@@H]1[C@@H](O)[C@H](O[C@@H]2[C@@H](O)[C@H](O[C@H]3[C@H](O)[C@@H](O)[C@H](O[C@H]4[C@H](O[C@H]5CC[C@]6(C)C7=CC[C@]89C(=O)O[C@@](C)(CCCC(C)C)[C@H]8C(=O)C[C@@]9(C)[C@@H]7CC[C@H]6C5(C)C)OC[C@@H](O[C@@H]5O[C@H](CO)[C@@H](O)[C@H](O[C@@H]6O[C@H](CO)[C@@H](O)[C@H](O)[C@H]6O)[C@H]5O)[C@@H]4O)O[C@@H]3C)O[C@H](CO)[C@H]2O)O[C@H](CO)[C@H]1O. The minimum absolute atomic E-state index is 0.0656. The highest BCUT2D eigenvalue weighted by Crippen LogP contribution is 2.75.